The van der Waals surface area contributed by atoms with Crippen LogP contribution in [-0.4, -0.2) is 78.9 Å². The Morgan fingerprint density at radius 3 is 2.91 bits per heavy atom. The van der Waals surface area contributed by atoms with Gasteiger partial charge >= 0.3 is 0 Å². The van der Waals surface area contributed by atoms with Crippen molar-refractivity contribution in [2.75, 3.05) is 39.0 Å². The standard InChI is InChI=1S/C21H24FN9O/c1-12(27-20-18-19(24-10-23-18)25-11-26-20)21-28-15-5-4-13(22)6-16(15)31(21)14-7-30(8-14)17(32)9-29(2)3/h4-6,10-12,14H,7-9H2,1-3H3,(H2,23,24,25,26,27). The minimum Gasteiger partial charge on any atom is -0.358 e. The second-order valence-electron chi connectivity index (χ2n) is 8.35. The van der Waals surface area contributed by atoms with E-state index in [1.54, 1.807) is 12.4 Å². The Hall–Kier alpha value is -3.60. The number of hydrogen-bond acceptors (Lipinski definition) is 7. The molecule has 0 radical (unpaired) electrons. The number of halogens is 1. The lowest BCUT2D eigenvalue weighted by atomic mass is 10.1. The lowest BCUT2D eigenvalue weighted by Gasteiger charge is -2.41. The molecule has 32 heavy (non-hydrogen) atoms. The molecule has 2 N–H and O–H groups in total. The van der Waals surface area contributed by atoms with Gasteiger partial charge in [-0.15, -0.1) is 0 Å². The second kappa shape index (κ2) is 7.83. The summed E-state index contributed by atoms with van der Waals surface area (Å²) in [6.45, 7) is 3.47. The molecule has 1 aliphatic heterocycles. The number of carbonyl (C=O) groups excluding carboxylic acids is 1. The highest BCUT2D eigenvalue weighted by atomic mass is 19.1. The van der Waals surface area contributed by atoms with Crippen LogP contribution in [0, 0.1) is 5.82 Å². The summed E-state index contributed by atoms with van der Waals surface area (Å²) in [6, 6.07) is 4.38. The Kier molecular flexibility index (Phi) is 4.97. The first-order valence-electron chi connectivity index (χ1n) is 10.4. The Labute approximate surface area is 183 Å². The molecule has 1 aliphatic rings. The van der Waals surface area contributed by atoms with Crippen molar-refractivity contribution in [3.05, 3.63) is 42.5 Å². The van der Waals surface area contributed by atoms with E-state index in [2.05, 4.69) is 25.3 Å². The van der Waals surface area contributed by atoms with Crippen LogP contribution in [0.15, 0.2) is 30.9 Å². The minimum absolute atomic E-state index is 0.0183. The van der Waals surface area contributed by atoms with Gasteiger partial charge in [-0.2, -0.15) is 0 Å². The monoisotopic (exact) mass is 437 g/mol. The first kappa shape index (κ1) is 20.3. The average molecular weight is 437 g/mol. The minimum atomic E-state index is -0.319. The molecule has 11 heteroatoms. The van der Waals surface area contributed by atoms with Crippen molar-refractivity contribution in [1.82, 2.24) is 39.3 Å². The lowest BCUT2D eigenvalue weighted by Crippen LogP contribution is -2.53. The maximum Gasteiger partial charge on any atom is 0.236 e. The molecule has 1 amide bonds. The Bertz CT molecular complexity index is 1290. The lowest BCUT2D eigenvalue weighted by molar-refractivity contribution is -0.137. The molecule has 1 atom stereocenters. The highest BCUT2D eigenvalue weighted by molar-refractivity contribution is 5.82. The Morgan fingerprint density at radius 1 is 1.31 bits per heavy atom. The predicted molar refractivity (Wildman–Crippen MR) is 118 cm³/mol. The molecule has 10 nitrogen and oxygen atoms in total. The number of benzene rings is 1. The molecule has 3 aromatic heterocycles. The van der Waals surface area contributed by atoms with Gasteiger partial charge in [0.2, 0.25) is 5.91 Å². The third kappa shape index (κ3) is 3.54. The van der Waals surface area contributed by atoms with Crippen LogP contribution in [0.2, 0.25) is 0 Å². The molecule has 166 valence electrons. The number of nitrogens with zero attached hydrogens (tertiary/aromatic N) is 7. The summed E-state index contributed by atoms with van der Waals surface area (Å²) < 4.78 is 16.1. The van der Waals surface area contributed by atoms with Gasteiger partial charge in [-0.25, -0.2) is 24.3 Å². The molecular weight excluding hydrogens is 413 g/mol. The highest BCUT2D eigenvalue weighted by Gasteiger charge is 2.35. The van der Waals surface area contributed by atoms with Gasteiger partial charge in [0.1, 0.15) is 23.5 Å². The number of likely N-dealkylation sites (N-methyl/N-ethyl adjacent to an activating group) is 1. The molecule has 0 bridgehead atoms. The van der Waals surface area contributed by atoms with Gasteiger partial charge in [0.25, 0.3) is 0 Å². The van der Waals surface area contributed by atoms with Crippen molar-refractivity contribution in [2.45, 2.75) is 19.0 Å². The number of nitrogens with one attached hydrogen (secondary N) is 2. The van der Waals surface area contributed by atoms with Gasteiger partial charge in [0, 0.05) is 13.1 Å². The quantitative estimate of drug-likeness (QED) is 0.475. The van der Waals surface area contributed by atoms with E-state index < -0.39 is 0 Å². The maximum absolute atomic E-state index is 14.1. The number of aromatic amines is 1. The van der Waals surface area contributed by atoms with Crippen molar-refractivity contribution >= 4 is 33.9 Å². The van der Waals surface area contributed by atoms with Crippen LogP contribution in [0.5, 0.6) is 0 Å². The first-order chi connectivity index (χ1) is 15.4. The highest BCUT2D eigenvalue weighted by Crippen LogP contribution is 2.32. The van der Waals surface area contributed by atoms with Crippen molar-refractivity contribution in [3.63, 3.8) is 0 Å². The normalized spacial score (nSPS) is 15.5. The fraction of sp³-hybridized carbons (Fsp3) is 0.381. The van der Waals surface area contributed by atoms with Crippen LogP contribution < -0.4 is 5.32 Å². The van der Waals surface area contributed by atoms with Crippen molar-refractivity contribution < 1.29 is 9.18 Å². The number of anilines is 1. The predicted octanol–water partition coefficient (Wildman–Crippen LogP) is 1.96. The summed E-state index contributed by atoms with van der Waals surface area (Å²) in [4.78, 5) is 36.5. The van der Waals surface area contributed by atoms with Crippen molar-refractivity contribution in [2.24, 2.45) is 0 Å². The summed E-state index contributed by atoms with van der Waals surface area (Å²) in [5.74, 6) is 1.13. The van der Waals surface area contributed by atoms with E-state index in [1.807, 2.05) is 35.4 Å². The van der Waals surface area contributed by atoms with Gasteiger partial charge in [-0.05, 0) is 39.2 Å². The summed E-state index contributed by atoms with van der Waals surface area (Å²) in [6.07, 6.45) is 3.03. The van der Waals surface area contributed by atoms with Crippen LogP contribution >= 0.6 is 0 Å². The number of amides is 1. The molecule has 1 fully saturated rings. The molecule has 0 aliphatic carbocycles. The molecule has 1 unspecified atom stereocenters. The van der Waals surface area contributed by atoms with Crippen LogP contribution in [0.25, 0.3) is 22.2 Å². The van der Waals surface area contributed by atoms with Crippen molar-refractivity contribution in [1.29, 1.82) is 0 Å². The maximum atomic E-state index is 14.1. The Balaban J connectivity index is 1.47. The smallest absolute Gasteiger partial charge is 0.236 e. The molecule has 1 aromatic carbocycles. The number of hydrogen-bond donors (Lipinski definition) is 2. The summed E-state index contributed by atoms with van der Waals surface area (Å²) in [5.41, 5.74) is 2.70. The third-order valence-electron chi connectivity index (χ3n) is 5.67. The number of carbonyl (C=O) groups is 1. The molecule has 1 saturated heterocycles. The largest absolute Gasteiger partial charge is 0.358 e. The van der Waals surface area contributed by atoms with E-state index in [4.69, 9.17) is 4.98 Å². The van der Waals surface area contributed by atoms with Crippen LogP contribution in [0.1, 0.15) is 24.8 Å². The van der Waals surface area contributed by atoms with Gasteiger partial charge < -0.3 is 24.7 Å². The molecule has 0 spiro atoms. The summed E-state index contributed by atoms with van der Waals surface area (Å²) in [7, 11) is 3.74. The van der Waals surface area contributed by atoms with Gasteiger partial charge in [0.15, 0.2) is 11.5 Å². The SMILES string of the molecule is CC(Nc1ncnc2nc[nH]c12)c1nc2ccc(F)cc2n1C1CN(C(=O)CN(C)C)C1. The third-order valence-corrected chi connectivity index (χ3v) is 5.67. The van der Waals surface area contributed by atoms with E-state index in [0.29, 0.717) is 47.6 Å². The molecular formula is C21H24FN9O. The fourth-order valence-corrected chi connectivity index (χ4v) is 4.11. The van der Waals surface area contributed by atoms with Gasteiger partial charge in [-0.1, -0.05) is 0 Å². The first-order valence-corrected chi connectivity index (χ1v) is 10.4. The zero-order chi connectivity index (χ0) is 22.4. The van der Waals surface area contributed by atoms with Crippen LogP contribution in [0.4, 0.5) is 10.2 Å². The number of imidazole rings is 2. The number of likely N-dealkylation sites (tertiary alicyclic amines) is 1. The van der Waals surface area contributed by atoms with E-state index >= 15 is 0 Å². The van der Waals surface area contributed by atoms with E-state index in [0.717, 1.165) is 5.82 Å². The fourth-order valence-electron chi connectivity index (χ4n) is 4.11. The number of fused-ring (bicyclic) bond motifs is 2. The number of H-pyrrole nitrogens is 1. The topological polar surface area (TPSA) is 108 Å². The average Bonchev–Trinajstić information content (AvgIpc) is 3.32. The Morgan fingerprint density at radius 2 is 2.12 bits per heavy atom. The number of aromatic nitrogens is 6. The van der Waals surface area contributed by atoms with Crippen LogP contribution in [0.3, 0.4) is 0 Å². The molecule has 5 rings (SSSR count). The van der Waals surface area contributed by atoms with Gasteiger partial charge in [0.05, 0.1) is 36.0 Å². The van der Waals surface area contributed by atoms with Crippen LogP contribution in [-0.2, 0) is 4.79 Å². The van der Waals surface area contributed by atoms with Crippen molar-refractivity contribution in [3.8, 4) is 0 Å². The second-order valence-corrected chi connectivity index (χ2v) is 8.35. The van der Waals surface area contributed by atoms with Gasteiger partial charge in [-0.3, -0.25) is 4.79 Å². The molecule has 4 aromatic rings. The summed E-state index contributed by atoms with van der Waals surface area (Å²) >= 11 is 0. The molecule has 4 heterocycles. The molecule has 0 saturated carbocycles. The summed E-state index contributed by atoms with van der Waals surface area (Å²) in [5, 5.41) is 3.38. The zero-order valence-corrected chi connectivity index (χ0v) is 18.1. The van der Waals surface area contributed by atoms with E-state index in [9.17, 15) is 9.18 Å². The van der Waals surface area contributed by atoms with E-state index in [-0.39, 0.29) is 23.8 Å². The van der Waals surface area contributed by atoms with E-state index in [1.165, 1.54) is 18.5 Å². The number of rotatable bonds is 6. The zero-order valence-electron chi connectivity index (χ0n) is 18.1.